The molecule has 3 nitrogen and oxygen atoms in total. The van der Waals surface area contributed by atoms with E-state index in [1.807, 2.05) is 19.2 Å². The number of nitrogens with one attached hydrogen (secondary N) is 1. The Labute approximate surface area is 131 Å². The Balaban J connectivity index is 2.07. The molecule has 1 aliphatic carbocycles. The maximum Gasteiger partial charge on any atom is 0.147 e. The van der Waals surface area contributed by atoms with Crippen LogP contribution in [0, 0.1) is 0 Å². The quantitative estimate of drug-likeness (QED) is 0.804. The molecule has 1 saturated carbocycles. The predicted molar refractivity (Wildman–Crippen MR) is 83.5 cm³/mol. The summed E-state index contributed by atoms with van der Waals surface area (Å²) in [6, 6.07) is 4.07. The van der Waals surface area contributed by atoms with Gasteiger partial charge in [0, 0.05) is 6.54 Å². The first kappa shape index (κ1) is 15.3. The third-order valence-electron chi connectivity index (χ3n) is 3.46. The van der Waals surface area contributed by atoms with Gasteiger partial charge in [-0.15, -0.1) is 0 Å². The minimum absolute atomic E-state index is 0.357. The van der Waals surface area contributed by atoms with Crippen LogP contribution in [0.5, 0.6) is 5.75 Å². The van der Waals surface area contributed by atoms with Gasteiger partial charge < -0.3 is 15.2 Å². The SMILES string of the molecule is CNCc1cc(Br)c(OCC2(O)CCCC2)c(Br)c1. The molecule has 1 aliphatic rings. The van der Waals surface area contributed by atoms with Gasteiger partial charge in [-0.3, -0.25) is 0 Å². The fourth-order valence-corrected chi connectivity index (χ4v) is 3.95. The minimum Gasteiger partial charge on any atom is -0.488 e. The Bertz CT molecular complexity index is 422. The average molecular weight is 393 g/mol. The van der Waals surface area contributed by atoms with Crippen molar-refractivity contribution in [2.75, 3.05) is 13.7 Å². The summed E-state index contributed by atoms with van der Waals surface area (Å²) in [7, 11) is 1.92. The third-order valence-corrected chi connectivity index (χ3v) is 4.64. The van der Waals surface area contributed by atoms with Gasteiger partial charge in [0.1, 0.15) is 12.4 Å². The van der Waals surface area contributed by atoms with Crippen molar-refractivity contribution in [1.29, 1.82) is 0 Å². The molecular formula is C14H19Br2NO2. The van der Waals surface area contributed by atoms with E-state index < -0.39 is 5.60 Å². The molecule has 2 N–H and O–H groups in total. The molecule has 0 amide bonds. The van der Waals surface area contributed by atoms with Crippen LogP contribution in [0.2, 0.25) is 0 Å². The normalized spacial score (nSPS) is 17.7. The summed E-state index contributed by atoms with van der Waals surface area (Å²) < 4.78 is 7.65. The van der Waals surface area contributed by atoms with E-state index >= 15 is 0 Å². The second-order valence-corrected chi connectivity index (χ2v) is 6.85. The molecule has 1 aromatic carbocycles. The van der Waals surface area contributed by atoms with Gasteiger partial charge in [0.15, 0.2) is 0 Å². The molecule has 0 bridgehead atoms. The summed E-state index contributed by atoms with van der Waals surface area (Å²) in [5.74, 6) is 0.764. The Morgan fingerprint density at radius 3 is 2.37 bits per heavy atom. The molecule has 19 heavy (non-hydrogen) atoms. The van der Waals surface area contributed by atoms with E-state index in [9.17, 15) is 5.11 Å². The first-order valence-electron chi connectivity index (χ1n) is 6.52. The fourth-order valence-electron chi connectivity index (χ4n) is 2.44. The van der Waals surface area contributed by atoms with Gasteiger partial charge in [-0.2, -0.15) is 0 Å². The maximum atomic E-state index is 10.3. The Morgan fingerprint density at radius 2 is 1.84 bits per heavy atom. The van der Waals surface area contributed by atoms with Gasteiger partial charge >= 0.3 is 0 Å². The molecule has 1 aromatic rings. The molecule has 106 valence electrons. The molecule has 0 unspecified atom stereocenters. The fraction of sp³-hybridized carbons (Fsp3) is 0.571. The lowest BCUT2D eigenvalue weighted by Gasteiger charge is -2.23. The molecule has 0 heterocycles. The van der Waals surface area contributed by atoms with Crippen molar-refractivity contribution in [3.63, 3.8) is 0 Å². The third kappa shape index (κ3) is 3.94. The van der Waals surface area contributed by atoms with Crippen molar-refractivity contribution >= 4 is 31.9 Å². The molecule has 0 saturated heterocycles. The molecular weight excluding hydrogens is 374 g/mol. The highest BCUT2D eigenvalue weighted by Crippen LogP contribution is 2.37. The number of halogens is 2. The molecule has 0 radical (unpaired) electrons. The minimum atomic E-state index is -0.650. The van der Waals surface area contributed by atoms with Gasteiger partial charge in [0.05, 0.1) is 14.5 Å². The summed E-state index contributed by atoms with van der Waals surface area (Å²) in [5, 5.41) is 13.4. The smallest absolute Gasteiger partial charge is 0.147 e. The monoisotopic (exact) mass is 391 g/mol. The van der Waals surface area contributed by atoms with Crippen molar-refractivity contribution in [3.05, 3.63) is 26.6 Å². The topological polar surface area (TPSA) is 41.5 Å². The van der Waals surface area contributed by atoms with Crippen LogP contribution in [0.25, 0.3) is 0 Å². The molecule has 0 aliphatic heterocycles. The summed E-state index contributed by atoms with van der Waals surface area (Å²) in [4.78, 5) is 0. The molecule has 5 heteroatoms. The van der Waals surface area contributed by atoms with Crippen molar-refractivity contribution in [2.45, 2.75) is 37.8 Å². The standard InChI is InChI=1S/C14H19Br2NO2/c1-17-8-10-6-11(15)13(12(16)7-10)19-9-14(18)4-2-3-5-14/h6-7,17-18H,2-5,8-9H2,1H3. The molecule has 0 aromatic heterocycles. The molecule has 0 atom stereocenters. The van der Waals surface area contributed by atoms with Crippen LogP contribution in [0.1, 0.15) is 31.2 Å². The van der Waals surface area contributed by atoms with E-state index in [4.69, 9.17) is 4.74 Å². The van der Waals surface area contributed by atoms with Crippen LogP contribution in [0.4, 0.5) is 0 Å². The summed E-state index contributed by atoms with van der Waals surface area (Å²) >= 11 is 7.06. The van der Waals surface area contributed by atoms with Gasteiger partial charge in [0.2, 0.25) is 0 Å². The van der Waals surface area contributed by atoms with E-state index in [0.717, 1.165) is 46.9 Å². The van der Waals surface area contributed by atoms with Gasteiger partial charge in [-0.1, -0.05) is 12.8 Å². The lowest BCUT2D eigenvalue weighted by molar-refractivity contribution is 0.000948. The van der Waals surface area contributed by atoms with E-state index in [2.05, 4.69) is 37.2 Å². The zero-order valence-electron chi connectivity index (χ0n) is 11.0. The predicted octanol–water partition coefficient (Wildman–Crippen LogP) is 3.61. The van der Waals surface area contributed by atoms with Crippen LogP contribution in [0.3, 0.4) is 0 Å². The van der Waals surface area contributed by atoms with Crippen molar-refractivity contribution in [1.82, 2.24) is 5.32 Å². The first-order valence-corrected chi connectivity index (χ1v) is 8.10. The summed E-state index contributed by atoms with van der Waals surface area (Å²) in [6.45, 7) is 1.16. The van der Waals surface area contributed by atoms with E-state index in [1.54, 1.807) is 0 Å². The number of ether oxygens (including phenoxy) is 1. The number of rotatable bonds is 5. The summed E-state index contributed by atoms with van der Waals surface area (Å²) in [6.07, 6.45) is 3.84. The number of hydrogen-bond acceptors (Lipinski definition) is 3. The largest absolute Gasteiger partial charge is 0.488 e. The van der Waals surface area contributed by atoms with Gasteiger partial charge in [-0.05, 0) is 69.4 Å². The average Bonchev–Trinajstić information content (AvgIpc) is 2.76. The lowest BCUT2D eigenvalue weighted by Crippen LogP contribution is -2.32. The highest BCUT2D eigenvalue weighted by Gasteiger charge is 2.32. The van der Waals surface area contributed by atoms with Crippen molar-refractivity contribution < 1.29 is 9.84 Å². The van der Waals surface area contributed by atoms with Crippen molar-refractivity contribution in [2.24, 2.45) is 0 Å². The second kappa shape index (κ2) is 6.57. The number of hydrogen-bond donors (Lipinski definition) is 2. The van der Waals surface area contributed by atoms with E-state index in [1.165, 1.54) is 5.56 Å². The molecule has 2 rings (SSSR count). The summed E-state index contributed by atoms with van der Waals surface area (Å²) in [5.41, 5.74) is 0.524. The van der Waals surface area contributed by atoms with Crippen LogP contribution >= 0.6 is 31.9 Å². The Morgan fingerprint density at radius 1 is 1.26 bits per heavy atom. The molecule has 0 spiro atoms. The van der Waals surface area contributed by atoms with Crippen LogP contribution in [-0.2, 0) is 6.54 Å². The second-order valence-electron chi connectivity index (χ2n) is 5.14. The zero-order valence-corrected chi connectivity index (χ0v) is 14.2. The lowest BCUT2D eigenvalue weighted by atomic mass is 10.0. The number of benzene rings is 1. The Hall–Kier alpha value is -0.100. The van der Waals surface area contributed by atoms with Crippen LogP contribution in [-0.4, -0.2) is 24.4 Å². The van der Waals surface area contributed by atoms with Crippen LogP contribution in [0.15, 0.2) is 21.1 Å². The maximum absolute atomic E-state index is 10.3. The zero-order chi connectivity index (χ0) is 13.9. The van der Waals surface area contributed by atoms with Crippen LogP contribution < -0.4 is 10.1 Å². The van der Waals surface area contributed by atoms with Gasteiger partial charge in [0.25, 0.3) is 0 Å². The van der Waals surface area contributed by atoms with Crippen molar-refractivity contribution in [3.8, 4) is 5.75 Å². The highest BCUT2D eigenvalue weighted by molar-refractivity contribution is 9.11. The highest BCUT2D eigenvalue weighted by atomic mass is 79.9. The van der Waals surface area contributed by atoms with Gasteiger partial charge in [-0.25, -0.2) is 0 Å². The molecule has 1 fully saturated rings. The first-order chi connectivity index (χ1) is 9.04. The van der Waals surface area contributed by atoms with E-state index in [0.29, 0.717) is 6.61 Å². The van der Waals surface area contributed by atoms with E-state index in [-0.39, 0.29) is 0 Å². The Kier molecular flexibility index (Phi) is 5.29. The number of aliphatic hydroxyl groups is 1.